The van der Waals surface area contributed by atoms with E-state index in [1.807, 2.05) is 25.1 Å². The normalized spacial score (nSPS) is 16.4. The van der Waals surface area contributed by atoms with E-state index < -0.39 is 5.91 Å². The van der Waals surface area contributed by atoms with E-state index in [1.165, 1.54) is 27.6 Å². The van der Waals surface area contributed by atoms with E-state index in [0.29, 0.717) is 26.4 Å². The van der Waals surface area contributed by atoms with Crippen LogP contribution < -0.4 is 11.1 Å². The Labute approximate surface area is 195 Å². The highest BCUT2D eigenvalue weighted by Gasteiger charge is 2.35. The van der Waals surface area contributed by atoms with Crippen molar-refractivity contribution in [3.63, 3.8) is 0 Å². The monoisotopic (exact) mass is 474 g/mol. The molecule has 2 amide bonds. The van der Waals surface area contributed by atoms with Gasteiger partial charge in [0.05, 0.1) is 10.6 Å². The summed E-state index contributed by atoms with van der Waals surface area (Å²) in [7, 11) is 0. The molecular formula is C24H27ClN2O2S2. The minimum atomic E-state index is -0.487. The highest BCUT2D eigenvalue weighted by atomic mass is 35.5. The van der Waals surface area contributed by atoms with Crippen LogP contribution in [-0.2, 0) is 12.8 Å². The van der Waals surface area contributed by atoms with Gasteiger partial charge in [0.1, 0.15) is 9.88 Å². The van der Waals surface area contributed by atoms with Crippen molar-refractivity contribution >= 4 is 61.2 Å². The average molecular weight is 475 g/mol. The zero-order valence-electron chi connectivity index (χ0n) is 18.2. The summed E-state index contributed by atoms with van der Waals surface area (Å²) in [6.45, 7) is 8.84. The van der Waals surface area contributed by atoms with E-state index in [9.17, 15) is 9.59 Å². The third-order valence-electron chi connectivity index (χ3n) is 6.75. The van der Waals surface area contributed by atoms with Crippen molar-refractivity contribution in [3.05, 3.63) is 49.7 Å². The minimum absolute atomic E-state index is 0.237. The van der Waals surface area contributed by atoms with E-state index in [1.54, 1.807) is 0 Å². The van der Waals surface area contributed by atoms with Crippen molar-refractivity contribution in [1.82, 2.24) is 0 Å². The summed E-state index contributed by atoms with van der Waals surface area (Å²) in [5, 5.41) is 4.81. The summed E-state index contributed by atoms with van der Waals surface area (Å²) in [6, 6.07) is 5.95. The molecule has 0 saturated heterocycles. The second-order valence-electron chi connectivity index (χ2n) is 9.05. The third kappa shape index (κ3) is 4.01. The molecule has 31 heavy (non-hydrogen) atoms. The molecule has 0 spiro atoms. The maximum absolute atomic E-state index is 13.1. The van der Waals surface area contributed by atoms with E-state index in [4.69, 9.17) is 17.3 Å². The Morgan fingerprint density at radius 2 is 2.03 bits per heavy atom. The fraction of sp³-hybridized carbons (Fsp3) is 0.417. The lowest BCUT2D eigenvalue weighted by Gasteiger charge is -2.36. The molecule has 7 heteroatoms. The molecule has 2 heterocycles. The van der Waals surface area contributed by atoms with Gasteiger partial charge in [-0.2, -0.15) is 0 Å². The van der Waals surface area contributed by atoms with Crippen molar-refractivity contribution < 1.29 is 9.59 Å². The number of benzene rings is 1. The topological polar surface area (TPSA) is 72.2 Å². The number of amides is 2. The van der Waals surface area contributed by atoms with E-state index in [2.05, 4.69) is 26.1 Å². The van der Waals surface area contributed by atoms with Gasteiger partial charge in [-0.3, -0.25) is 9.59 Å². The number of thiophene rings is 2. The number of carbonyl (C=O) groups excluding carboxylic acids is 2. The molecule has 3 N–H and O–H groups in total. The number of nitrogens with two attached hydrogens (primary N) is 1. The second kappa shape index (κ2) is 8.23. The van der Waals surface area contributed by atoms with Gasteiger partial charge in [0, 0.05) is 15.0 Å². The molecule has 1 aliphatic carbocycles. The fourth-order valence-corrected chi connectivity index (χ4v) is 7.21. The Hall–Kier alpha value is -1.89. The van der Waals surface area contributed by atoms with E-state index in [-0.39, 0.29) is 11.3 Å². The van der Waals surface area contributed by atoms with Crippen LogP contribution in [-0.4, -0.2) is 11.8 Å². The number of carbonyl (C=O) groups is 2. The summed E-state index contributed by atoms with van der Waals surface area (Å²) in [6.07, 6.45) is 3.87. The molecule has 4 nitrogen and oxygen atoms in total. The summed E-state index contributed by atoms with van der Waals surface area (Å²) >= 11 is 9.37. The lowest BCUT2D eigenvalue weighted by Crippen LogP contribution is -2.29. The summed E-state index contributed by atoms with van der Waals surface area (Å²) < 4.78 is 0.973. The maximum Gasteiger partial charge on any atom is 0.267 e. The van der Waals surface area contributed by atoms with Gasteiger partial charge in [-0.1, -0.05) is 50.9 Å². The van der Waals surface area contributed by atoms with E-state index >= 15 is 0 Å². The molecule has 0 saturated carbocycles. The van der Waals surface area contributed by atoms with Gasteiger partial charge < -0.3 is 11.1 Å². The molecule has 0 unspecified atom stereocenters. The van der Waals surface area contributed by atoms with Gasteiger partial charge in [0.2, 0.25) is 0 Å². The average Bonchev–Trinajstić information content (AvgIpc) is 3.24. The summed E-state index contributed by atoms with van der Waals surface area (Å²) in [5.41, 5.74) is 8.57. The van der Waals surface area contributed by atoms with Crippen molar-refractivity contribution in [3.8, 4) is 0 Å². The number of rotatable bonds is 5. The lowest BCUT2D eigenvalue weighted by molar-refractivity contribution is 0.0999. The van der Waals surface area contributed by atoms with Crippen molar-refractivity contribution in [2.75, 3.05) is 5.32 Å². The van der Waals surface area contributed by atoms with Gasteiger partial charge >= 0.3 is 0 Å². The molecule has 0 fully saturated rings. The maximum atomic E-state index is 13.1. The first-order valence-corrected chi connectivity index (χ1v) is 12.6. The predicted molar refractivity (Wildman–Crippen MR) is 132 cm³/mol. The molecule has 0 radical (unpaired) electrons. The number of hydrogen-bond donors (Lipinski definition) is 2. The van der Waals surface area contributed by atoms with Gasteiger partial charge in [-0.05, 0) is 54.7 Å². The molecule has 0 aliphatic heterocycles. The van der Waals surface area contributed by atoms with Gasteiger partial charge in [0.15, 0.2) is 0 Å². The first-order chi connectivity index (χ1) is 14.6. The second-order valence-corrected chi connectivity index (χ2v) is 11.6. The van der Waals surface area contributed by atoms with E-state index in [0.717, 1.165) is 46.9 Å². The van der Waals surface area contributed by atoms with Crippen LogP contribution in [0.25, 0.3) is 10.1 Å². The standard InChI is InChI=1S/C24H27ClN2O2S2/c1-5-24(3,4)13-7-9-14-17(11-13)31-23(18(14)21(26)28)27-22(29)20-19(25)15-8-6-12(2)10-16(15)30-20/h6,8,10,13H,5,7,9,11H2,1-4H3,(H2,26,28)(H,27,29)/t13-/m1/s1. The van der Waals surface area contributed by atoms with Crippen molar-refractivity contribution in [1.29, 1.82) is 0 Å². The number of hydrogen-bond acceptors (Lipinski definition) is 4. The first-order valence-electron chi connectivity index (χ1n) is 10.6. The zero-order valence-corrected chi connectivity index (χ0v) is 20.6. The number of fused-ring (bicyclic) bond motifs is 2. The van der Waals surface area contributed by atoms with Gasteiger partial charge in [-0.25, -0.2) is 0 Å². The predicted octanol–water partition coefficient (Wildman–Crippen LogP) is 6.82. The number of aryl methyl sites for hydroxylation is 1. The Morgan fingerprint density at radius 1 is 1.29 bits per heavy atom. The highest BCUT2D eigenvalue weighted by Crippen LogP contribution is 2.46. The zero-order chi connectivity index (χ0) is 22.5. The number of anilines is 1. The number of nitrogens with one attached hydrogen (secondary N) is 1. The molecule has 1 aliphatic rings. The van der Waals surface area contributed by atoms with Crippen LogP contribution in [0.3, 0.4) is 0 Å². The van der Waals surface area contributed by atoms with Crippen LogP contribution in [0.2, 0.25) is 5.02 Å². The van der Waals surface area contributed by atoms with Gasteiger partial charge in [0.25, 0.3) is 11.8 Å². The van der Waals surface area contributed by atoms with Crippen LogP contribution in [0, 0.1) is 18.3 Å². The van der Waals surface area contributed by atoms with Crippen molar-refractivity contribution in [2.24, 2.45) is 17.1 Å². The molecule has 0 bridgehead atoms. The molecule has 1 aromatic carbocycles. The third-order valence-corrected chi connectivity index (χ3v) is 9.57. The summed E-state index contributed by atoms with van der Waals surface area (Å²) in [5.74, 6) is -0.234. The molecule has 164 valence electrons. The molecule has 4 rings (SSSR count). The Bertz CT molecular complexity index is 1190. The van der Waals surface area contributed by atoms with Crippen LogP contribution in [0.1, 0.15) is 69.6 Å². The minimum Gasteiger partial charge on any atom is -0.365 e. The molecule has 1 atom stereocenters. The lowest BCUT2D eigenvalue weighted by atomic mass is 9.69. The summed E-state index contributed by atoms with van der Waals surface area (Å²) in [4.78, 5) is 27.0. The van der Waals surface area contributed by atoms with Crippen LogP contribution >= 0.6 is 34.3 Å². The van der Waals surface area contributed by atoms with Crippen LogP contribution in [0.4, 0.5) is 5.00 Å². The van der Waals surface area contributed by atoms with Crippen molar-refractivity contribution in [2.45, 2.75) is 53.4 Å². The fourth-order valence-electron chi connectivity index (χ4n) is 4.37. The Morgan fingerprint density at radius 3 is 2.71 bits per heavy atom. The molecular weight excluding hydrogens is 448 g/mol. The number of primary amides is 1. The smallest absolute Gasteiger partial charge is 0.267 e. The first kappa shape index (κ1) is 22.3. The largest absolute Gasteiger partial charge is 0.365 e. The molecule has 3 aromatic rings. The Kier molecular flexibility index (Phi) is 5.92. The quantitative estimate of drug-likeness (QED) is 0.426. The Balaban J connectivity index is 1.67. The highest BCUT2D eigenvalue weighted by molar-refractivity contribution is 7.22. The van der Waals surface area contributed by atoms with Crippen LogP contribution in [0.15, 0.2) is 18.2 Å². The number of halogens is 1. The van der Waals surface area contributed by atoms with Gasteiger partial charge in [-0.15, -0.1) is 22.7 Å². The molecule has 2 aromatic heterocycles. The SMILES string of the molecule is CCC(C)(C)[C@@H]1CCc2c(sc(NC(=O)c3sc4cc(C)ccc4c3Cl)c2C(N)=O)C1. The van der Waals surface area contributed by atoms with Crippen LogP contribution in [0.5, 0.6) is 0 Å².